The van der Waals surface area contributed by atoms with Crippen molar-refractivity contribution in [2.45, 2.75) is 25.8 Å². The van der Waals surface area contributed by atoms with Crippen molar-refractivity contribution >= 4 is 6.72 Å². The zero-order valence-corrected chi connectivity index (χ0v) is 5.43. The molecule has 0 aromatic carbocycles. The number of hydrogen-bond donors (Lipinski definition) is 1. The lowest BCUT2D eigenvalue weighted by Gasteiger charge is -1.99. The van der Waals surface area contributed by atoms with Crippen LogP contribution in [0.15, 0.2) is 4.99 Å². The van der Waals surface area contributed by atoms with Crippen molar-refractivity contribution in [2.75, 3.05) is 6.54 Å². The topological polar surface area (TPSA) is 38.4 Å². The van der Waals surface area contributed by atoms with E-state index in [1.807, 2.05) is 6.92 Å². The van der Waals surface area contributed by atoms with Crippen molar-refractivity contribution in [1.29, 1.82) is 0 Å². The third-order valence-electron chi connectivity index (χ3n) is 0.976. The molecule has 0 saturated carbocycles. The molecule has 0 radical (unpaired) electrons. The highest BCUT2D eigenvalue weighted by atomic mass is 14.7. The molecular formula is C6H14N2. The van der Waals surface area contributed by atoms with Crippen molar-refractivity contribution in [2.24, 2.45) is 10.7 Å². The van der Waals surface area contributed by atoms with E-state index in [0.29, 0.717) is 6.04 Å². The molecule has 2 heteroatoms. The molecule has 2 nitrogen and oxygen atoms in total. The SMILES string of the molecule is C=NCCC[C@@H](C)N. The molecule has 0 fully saturated rings. The molecule has 2 N–H and O–H groups in total. The fourth-order valence-corrected chi connectivity index (χ4v) is 0.525. The van der Waals surface area contributed by atoms with E-state index >= 15 is 0 Å². The van der Waals surface area contributed by atoms with E-state index in [1.165, 1.54) is 0 Å². The van der Waals surface area contributed by atoms with Gasteiger partial charge in [0.1, 0.15) is 0 Å². The van der Waals surface area contributed by atoms with E-state index in [2.05, 4.69) is 11.7 Å². The number of rotatable bonds is 4. The first-order chi connectivity index (χ1) is 3.77. The first-order valence-electron chi connectivity index (χ1n) is 2.95. The maximum atomic E-state index is 5.47. The zero-order chi connectivity index (χ0) is 6.41. The summed E-state index contributed by atoms with van der Waals surface area (Å²) in [5.41, 5.74) is 5.47. The molecule has 0 aliphatic heterocycles. The fourth-order valence-electron chi connectivity index (χ4n) is 0.525. The number of hydrogen-bond acceptors (Lipinski definition) is 2. The van der Waals surface area contributed by atoms with Gasteiger partial charge in [-0.05, 0) is 26.5 Å². The minimum Gasteiger partial charge on any atom is -0.328 e. The largest absolute Gasteiger partial charge is 0.328 e. The van der Waals surface area contributed by atoms with Gasteiger partial charge in [-0.15, -0.1) is 0 Å². The molecule has 0 aliphatic rings. The molecule has 0 aliphatic carbocycles. The number of nitrogens with two attached hydrogens (primary N) is 1. The summed E-state index contributed by atoms with van der Waals surface area (Å²) in [5, 5.41) is 0. The van der Waals surface area contributed by atoms with Crippen molar-refractivity contribution in [3.63, 3.8) is 0 Å². The van der Waals surface area contributed by atoms with Gasteiger partial charge < -0.3 is 10.7 Å². The summed E-state index contributed by atoms with van der Waals surface area (Å²) in [6, 6.07) is 0.316. The van der Waals surface area contributed by atoms with Crippen molar-refractivity contribution in [3.8, 4) is 0 Å². The van der Waals surface area contributed by atoms with Crippen LogP contribution in [0.25, 0.3) is 0 Å². The van der Waals surface area contributed by atoms with Crippen LogP contribution in [0.3, 0.4) is 0 Å². The third-order valence-corrected chi connectivity index (χ3v) is 0.976. The molecule has 0 rings (SSSR count). The summed E-state index contributed by atoms with van der Waals surface area (Å²) < 4.78 is 0. The van der Waals surface area contributed by atoms with Gasteiger partial charge in [0.25, 0.3) is 0 Å². The predicted molar refractivity (Wildman–Crippen MR) is 37.3 cm³/mol. The minimum absolute atomic E-state index is 0.316. The first kappa shape index (κ1) is 7.63. The molecule has 48 valence electrons. The summed E-state index contributed by atoms with van der Waals surface area (Å²) in [5.74, 6) is 0. The predicted octanol–water partition coefficient (Wildman–Crippen LogP) is 0.814. The molecule has 0 aromatic rings. The molecule has 8 heavy (non-hydrogen) atoms. The average molecular weight is 114 g/mol. The average Bonchev–Trinajstić information content (AvgIpc) is 1.66. The van der Waals surface area contributed by atoms with Crippen molar-refractivity contribution in [3.05, 3.63) is 0 Å². The van der Waals surface area contributed by atoms with Crippen LogP contribution in [0.1, 0.15) is 19.8 Å². The standard InChI is InChI=1S/C6H14N2/c1-6(7)4-3-5-8-2/h6H,2-5,7H2,1H3/t6-/m1/s1. The molecule has 0 heterocycles. The van der Waals surface area contributed by atoms with Gasteiger partial charge in [0, 0.05) is 12.6 Å². The lowest BCUT2D eigenvalue weighted by molar-refractivity contribution is 0.632. The Hall–Kier alpha value is -0.370. The quantitative estimate of drug-likeness (QED) is 0.426. The molecule has 0 amide bonds. The van der Waals surface area contributed by atoms with E-state index in [9.17, 15) is 0 Å². The van der Waals surface area contributed by atoms with E-state index in [4.69, 9.17) is 5.73 Å². The Morgan fingerprint density at radius 2 is 2.38 bits per heavy atom. The Morgan fingerprint density at radius 1 is 1.75 bits per heavy atom. The van der Waals surface area contributed by atoms with Gasteiger partial charge in [-0.2, -0.15) is 0 Å². The lowest BCUT2D eigenvalue weighted by Crippen LogP contribution is -2.14. The smallest absolute Gasteiger partial charge is 0.0382 e. The molecule has 0 saturated heterocycles. The Bertz CT molecular complexity index is 59.5. The van der Waals surface area contributed by atoms with E-state index < -0.39 is 0 Å². The third kappa shape index (κ3) is 5.63. The maximum absolute atomic E-state index is 5.47. The summed E-state index contributed by atoms with van der Waals surface area (Å²) in [4.78, 5) is 3.70. The second kappa shape index (κ2) is 4.78. The van der Waals surface area contributed by atoms with Crippen molar-refractivity contribution < 1.29 is 0 Å². The summed E-state index contributed by atoms with van der Waals surface area (Å²) >= 11 is 0. The Balaban J connectivity index is 2.81. The van der Waals surface area contributed by atoms with E-state index in [1.54, 1.807) is 0 Å². The number of aliphatic imine (C=N–C) groups is 1. The summed E-state index contributed by atoms with van der Waals surface area (Å²) in [6.45, 7) is 6.22. The normalized spacial score (nSPS) is 13.2. The van der Waals surface area contributed by atoms with E-state index in [0.717, 1.165) is 19.4 Å². The van der Waals surface area contributed by atoms with Gasteiger partial charge in [-0.3, -0.25) is 0 Å². The van der Waals surface area contributed by atoms with Crippen LogP contribution in [0.4, 0.5) is 0 Å². The minimum atomic E-state index is 0.316. The number of nitrogens with zero attached hydrogens (tertiary/aromatic N) is 1. The molecule has 0 bridgehead atoms. The highest BCUT2D eigenvalue weighted by Crippen LogP contribution is 1.91. The molecular weight excluding hydrogens is 100 g/mol. The van der Waals surface area contributed by atoms with Crippen molar-refractivity contribution in [1.82, 2.24) is 0 Å². The first-order valence-corrected chi connectivity index (χ1v) is 2.95. The molecule has 0 spiro atoms. The van der Waals surface area contributed by atoms with Crippen LogP contribution in [-0.4, -0.2) is 19.3 Å². The van der Waals surface area contributed by atoms with Crippen LogP contribution in [0, 0.1) is 0 Å². The maximum Gasteiger partial charge on any atom is 0.0382 e. The monoisotopic (exact) mass is 114 g/mol. The van der Waals surface area contributed by atoms with Crippen LogP contribution < -0.4 is 5.73 Å². The Labute approximate surface area is 50.8 Å². The second-order valence-corrected chi connectivity index (χ2v) is 2.07. The van der Waals surface area contributed by atoms with Crippen LogP contribution >= 0.6 is 0 Å². The highest BCUT2D eigenvalue weighted by Gasteiger charge is 1.90. The van der Waals surface area contributed by atoms with Gasteiger partial charge in [0.05, 0.1) is 0 Å². The fraction of sp³-hybridized carbons (Fsp3) is 0.833. The second-order valence-electron chi connectivity index (χ2n) is 2.07. The van der Waals surface area contributed by atoms with Gasteiger partial charge in [-0.25, -0.2) is 0 Å². The highest BCUT2D eigenvalue weighted by molar-refractivity contribution is 5.22. The molecule has 0 unspecified atom stereocenters. The van der Waals surface area contributed by atoms with Gasteiger partial charge in [-0.1, -0.05) is 0 Å². The lowest BCUT2D eigenvalue weighted by atomic mass is 10.2. The van der Waals surface area contributed by atoms with Gasteiger partial charge in [0.15, 0.2) is 0 Å². The van der Waals surface area contributed by atoms with Crippen LogP contribution in [-0.2, 0) is 0 Å². The summed E-state index contributed by atoms with van der Waals surface area (Å²) in [6.07, 6.45) is 2.13. The van der Waals surface area contributed by atoms with Crippen LogP contribution in [0.5, 0.6) is 0 Å². The Kier molecular flexibility index (Phi) is 4.56. The van der Waals surface area contributed by atoms with Crippen LogP contribution in [0.2, 0.25) is 0 Å². The van der Waals surface area contributed by atoms with Gasteiger partial charge >= 0.3 is 0 Å². The van der Waals surface area contributed by atoms with Gasteiger partial charge in [0.2, 0.25) is 0 Å². The molecule has 1 atom stereocenters. The zero-order valence-electron chi connectivity index (χ0n) is 5.43. The van der Waals surface area contributed by atoms with E-state index in [-0.39, 0.29) is 0 Å². The molecule has 0 aromatic heterocycles. The summed E-state index contributed by atoms with van der Waals surface area (Å²) in [7, 11) is 0. The Morgan fingerprint density at radius 3 is 2.75 bits per heavy atom.